The molecular weight excluding hydrogens is 289 g/mol. The van der Waals surface area contributed by atoms with E-state index in [0.717, 1.165) is 5.56 Å². The van der Waals surface area contributed by atoms with Gasteiger partial charge in [-0.15, -0.1) is 3.77 Å². The Labute approximate surface area is 112 Å². The highest BCUT2D eigenvalue weighted by Gasteiger charge is 2.47. The van der Waals surface area contributed by atoms with Gasteiger partial charge in [-0.05, 0) is 30.9 Å². The Bertz CT molecular complexity index is 744. The van der Waals surface area contributed by atoms with Gasteiger partial charge >= 0.3 is 0 Å². The summed E-state index contributed by atoms with van der Waals surface area (Å²) >= 11 is 0. The molecule has 1 fully saturated rings. The van der Waals surface area contributed by atoms with E-state index < -0.39 is 31.2 Å². The molecule has 0 radical (unpaired) electrons. The summed E-state index contributed by atoms with van der Waals surface area (Å²) < 4.78 is 53.5. The van der Waals surface area contributed by atoms with Crippen LogP contribution in [0.4, 0.5) is 4.39 Å². The van der Waals surface area contributed by atoms with E-state index in [1.165, 1.54) is 0 Å². The minimum atomic E-state index is -3.99. The predicted octanol–water partition coefficient (Wildman–Crippen LogP) is 1.90. The molecule has 0 saturated heterocycles. The fraction of sp³-hybridized carbons (Fsp3) is 0.500. The van der Waals surface area contributed by atoms with Crippen LogP contribution < -0.4 is 0 Å². The number of alkyl halides is 1. The van der Waals surface area contributed by atoms with Gasteiger partial charge in [0.2, 0.25) is 0 Å². The molecule has 1 atom stereocenters. The summed E-state index contributed by atoms with van der Waals surface area (Å²) in [7, 11) is -6.93. The molecule has 1 saturated carbocycles. The van der Waals surface area contributed by atoms with Crippen molar-refractivity contribution in [3.63, 3.8) is 0 Å². The lowest BCUT2D eigenvalue weighted by molar-refractivity contribution is 0.341. The summed E-state index contributed by atoms with van der Waals surface area (Å²) in [5, 5.41) is 0. The Morgan fingerprint density at radius 2 is 2.00 bits per heavy atom. The molecule has 2 aliphatic rings. The molecule has 7 heteroatoms. The van der Waals surface area contributed by atoms with Crippen LogP contribution in [0, 0.1) is 0 Å². The van der Waals surface area contributed by atoms with E-state index in [2.05, 4.69) is 3.77 Å². The first-order chi connectivity index (χ1) is 8.82. The molecule has 0 N–H and O–H groups in total. The van der Waals surface area contributed by atoms with Gasteiger partial charge in [-0.1, -0.05) is 18.2 Å². The van der Waals surface area contributed by atoms with E-state index in [9.17, 15) is 17.0 Å². The number of aryl methyl sites for hydroxylation is 1. The number of fused-ring (bicyclic) bond motifs is 1. The van der Waals surface area contributed by atoms with Crippen LogP contribution in [0.15, 0.2) is 32.9 Å². The van der Waals surface area contributed by atoms with Crippen LogP contribution in [0.3, 0.4) is 0 Å². The van der Waals surface area contributed by atoms with Crippen LogP contribution in [0.1, 0.15) is 18.4 Å². The molecule has 1 unspecified atom stereocenters. The smallest absolute Gasteiger partial charge is 0.244 e. The van der Waals surface area contributed by atoms with E-state index in [1.807, 2.05) is 12.1 Å². The number of nitrogens with zero attached hydrogens (tertiary/aromatic N) is 1. The quantitative estimate of drug-likeness (QED) is 0.856. The maximum absolute atomic E-state index is 13.6. The fourth-order valence-corrected chi connectivity index (χ4v) is 7.10. The molecule has 0 amide bonds. The predicted molar refractivity (Wildman–Crippen MR) is 70.7 cm³/mol. The van der Waals surface area contributed by atoms with Crippen molar-refractivity contribution in [1.29, 1.82) is 0 Å². The Balaban J connectivity index is 2.02. The highest BCUT2D eigenvalue weighted by Crippen LogP contribution is 2.41. The van der Waals surface area contributed by atoms with Crippen LogP contribution in [-0.2, 0) is 26.2 Å². The highest BCUT2D eigenvalue weighted by molar-refractivity contribution is 8.03. The molecule has 19 heavy (non-hydrogen) atoms. The Kier molecular flexibility index (Phi) is 2.76. The van der Waals surface area contributed by atoms with Crippen LogP contribution in [0.2, 0.25) is 0 Å². The summed E-state index contributed by atoms with van der Waals surface area (Å²) in [6.45, 7) is 0. The largest absolute Gasteiger partial charge is 0.264 e. The fourth-order valence-electron chi connectivity index (χ4n) is 2.27. The van der Waals surface area contributed by atoms with E-state index in [1.54, 1.807) is 12.1 Å². The Morgan fingerprint density at radius 3 is 2.68 bits per heavy atom. The van der Waals surface area contributed by atoms with Crippen LogP contribution in [0.25, 0.3) is 0 Å². The van der Waals surface area contributed by atoms with Gasteiger partial charge in [-0.3, -0.25) is 0 Å². The number of sulfonamides is 1. The topological polar surface area (TPSA) is 63.6 Å². The van der Waals surface area contributed by atoms with Crippen molar-refractivity contribution < 1.29 is 17.0 Å². The molecule has 0 spiro atoms. The van der Waals surface area contributed by atoms with E-state index in [4.69, 9.17) is 0 Å². The lowest BCUT2D eigenvalue weighted by Gasteiger charge is -2.06. The number of halogens is 1. The van der Waals surface area contributed by atoms with E-state index in [-0.39, 0.29) is 18.6 Å². The van der Waals surface area contributed by atoms with Gasteiger partial charge in [0, 0.05) is 5.75 Å². The highest BCUT2D eigenvalue weighted by atomic mass is 32.3. The molecule has 4 nitrogen and oxygen atoms in total. The van der Waals surface area contributed by atoms with Gasteiger partial charge in [-0.2, -0.15) is 0 Å². The third kappa shape index (κ3) is 2.53. The zero-order chi connectivity index (χ0) is 13.7. The number of rotatable bonds is 3. The lowest BCUT2D eigenvalue weighted by atomic mass is 10.2. The standard InChI is InChI=1S/C12H14FNO3S2/c13-12(6-7-12)9-19(16,17)14-18(15)8-5-10-3-1-2-4-11(10)18/h1-4H,5-9H2. The van der Waals surface area contributed by atoms with Gasteiger partial charge in [0.15, 0.2) is 0 Å². The zero-order valence-electron chi connectivity index (χ0n) is 10.2. The summed E-state index contributed by atoms with van der Waals surface area (Å²) in [6, 6.07) is 7.00. The van der Waals surface area contributed by atoms with Crippen LogP contribution >= 0.6 is 0 Å². The maximum atomic E-state index is 13.6. The second kappa shape index (κ2) is 4.02. The second-order valence-electron chi connectivity index (χ2n) is 5.15. The monoisotopic (exact) mass is 303 g/mol. The molecule has 0 bridgehead atoms. The van der Waals surface area contributed by atoms with Crippen molar-refractivity contribution in [3.05, 3.63) is 29.8 Å². The van der Waals surface area contributed by atoms with Gasteiger partial charge < -0.3 is 0 Å². The first-order valence-corrected chi connectivity index (χ1v) is 9.37. The molecule has 1 aromatic carbocycles. The average Bonchev–Trinajstić information content (AvgIpc) is 2.93. The molecular formula is C12H14FNO3S2. The lowest BCUT2D eigenvalue weighted by Crippen LogP contribution is -2.18. The van der Waals surface area contributed by atoms with Crippen molar-refractivity contribution in [3.8, 4) is 0 Å². The van der Waals surface area contributed by atoms with Crippen molar-refractivity contribution in [2.75, 3.05) is 11.5 Å². The molecule has 1 aliphatic carbocycles. The summed E-state index contributed by atoms with van der Waals surface area (Å²) in [5.74, 6) is -0.440. The molecule has 3 rings (SSSR count). The van der Waals surface area contributed by atoms with Gasteiger partial charge in [0.25, 0.3) is 10.0 Å². The average molecular weight is 303 g/mol. The minimum Gasteiger partial charge on any atom is -0.244 e. The third-order valence-electron chi connectivity index (χ3n) is 3.43. The van der Waals surface area contributed by atoms with Gasteiger partial charge in [-0.25, -0.2) is 17.0 Å². The minimum absolute atomic E-state index is 0.199. The van der Waals surface area contributed by atoms with Gasteiger partial charge in [0.1, 0.15) is 11.4 Å². The van der Waals surface area contributed by atoms with Gasteiger partial charge in [0.05, 0.1) is 14.6 Å². The number of hydrogen-bond acceptors (Lipinski definition) is 3. The molecule has 1 aromatic rings. The summed E-state index contributed by atoms with van der Waals surface area (Å²) in [5.41, 5.74) is -0.774. The third-order valence-corrected chi connectivity index (χ3v) is 8.03. The number of hydrogen-bond donors (Lipinski definition) is 0. The first-order valence-electron chi connectivity index (χ1n) is 6.08. The molecule has 104 valence electrons. The Hall–Kier alpha value is -0.950. The molecule has 1 aliphatic heterocycles. The van der Waals surface area contributed by atoms with Crippen LogP contribution in [0.5, 0.6) is 0 Å². The second-order valence-corrected chi connectivity index (χ2v) is 9.33. The summed E-state index contributed by atoms with van der Waals surface area (Å²) in [6.07, 6.45) is 1.05. The zero-order valence-corrected chi connectivity index (χ0v) is 11.8. The number of benzene rings is 1. The van der Waals surface area contributed by atoms with E-state index in [0.29, 0.717) is 11.3 Å². The normalized spacial score (nSPS) is 27.8. The maximum Gasteiger partial charge on any atom is 0.264 e. The Morgan fingerprint density at radius 1 is 1.32 bits per heavy atom. The van der Waals surface area contributed by atoms with Crippen molar-refractivity contribution in [1.82, 2.24) is 0 Å². The molecule has 1 heterocycles. The van der Waals surface area contributed by atoms with Crippen molar-refractivity contribution in [2.24, 2.45) is 3.77 Å². The SMILES string of the molecule is O=S(=O)(CC1(F)CC1)N=S1(=O)CCc2ccccc21. The van der Waals surface area contributed by atoms with Crippen molar-refractivity contribution >= 4 is 19.8 Å². The van der Waals surface area contributed by atoms with Crippen molar-refractivity contribution in [2.45, 2.75) is 29.8 Å². The van der Waals surface area contributed by atoms with Crippen LogP contribution in [-0.4, -0.2) is 29.8 Å². The first kappa shape index (κ1) is 13.1. The van der Waals surface area contributed by atoms with E-state index >= 15 is 0 Å². The summed E-state index contributed by atoms with van der Waals surface area (Å²) in [4.78, 5) is 0.488. The molecule has 0 aromatic heterocycles.